The van der Waals surface area contributed by atoms with Crippen molar-refractivity contribution in [2.24, 2.45) is 0 Å². The van der Waals surface area contributed by atoms with Gasteiger partial charge in [-0.25, -0.2) is 4.68 Å². The summed E-state index contributed by atoms with van der Waals surface area (Å²) < 4.78 is 42.6. The number of hydrogen-bond donors (Lipinski definition) is 1. The Balaban J connectivity index is 1.50. The number of carbonyl (C=O) groups is 1. The molecule has 6 nitrogen and oxygen atoms in total. The van der Waals surface area contributed by atoms with Crippen molar-refractivity contribution in [3.05, 3.63) is 77.6 Å². The van der Waals surface area contributed by atoms with Crippen LogP contribution in [0.5, 0.6) is 5.75 Å². The quantitative estimate of drug-likeness (QED) is 0.673. The molecule has 1 amide bonds. The third-order valence-electron chi connectivity index (χ3n) is 3.74. The molecule has 0 fully saturated rings. The Hall–Kier alpha value is -3.36. The summed E-state index contributed by atoms with van der Waals surface area (Å²) in [5.41, 5.74) is 1.93. The molecule has 0 spiro atoms. The van der Waals surface area contributed by atoms with Gasteiger partial charge in [0.25, 0.3) is 5.91 Å². The number of ether oxygens (including phenoxy) is 1. The summed E-state index contributed by atoms with van der Waals surface area (Å²) in [5.74, 6) is -0.284. The minimum Gasteiger partial charge on any atom is -0.484 e. The number of aromatic nitrogens is 3. The van der Waals surface area contributed by atoms with Crippen molar-refractivity contribution in [1.82, 2.24) is 20.3 Å². The van der Waals surface area contributed by atoms with E-state index in [-0.39, 0.29) is 18.0 Å². The lowest BCUT2D eigenvalue weighted by molar-refractivity contribution is -0.153. The lowest BCUT2D eigenvalue weighted by Gasteiger charge is -2.09. The molecule has 28 heavy (non-hydrogen) atoms. The molecule has 3 aromatic rings. The molecule has 0 aliphatic heterocycles. The second-order valence-corrected chi connectivity index (χ2v) is 6.02. The zero-order chi connectivity index (χ0) is 20.0. The number of nitrogens with zero attached hydrogens (tertiary/aromatic N) is 3. The molecule has 0 saturated heterocycles. The molecular weight excluding hydrogens is 373 g/mol. The number of rotatable bonds is 7. The van der Waals surface area contributed by atoms with E-state index in [9.17, 15) is 18.0 Å². The highest BCUT2D eigenvalue weighted by Crippen LogP contribution is 2.18. The van der Waals surface area contributed by atoms with Crippen LogP contribution in [0.4, 0.5) is 13.2 Å². The van der Waals surface area contributed by atoms with Crippen LogP contribution in [0.1, 0.15) is 21.6 Å². The molecule has 3 rings (SSSR count). The van der Waals surface area contributed by atoms with Crippen molar-refractivity contribution in [3.63, 3.8) is 0 Å². The first-order chi connectivity index (χ1) is 13.4. The molecule has 2 aromatic carbocycles. The lowest BCUT2D eigenvalue weighted by Crippen LogP contribution is -2.23. The fourth-order valence-corrected chi connectivity index (χ4v) is 2.39. The molecule has 0 bridgehead atoms. The molecular formula is C19H17F3N4O2. The fourth-order valence-electron chi connectivity index (χ4n) is 2.39. The molecule has 0 aliphatic carbocycles. The second-order valence-electron chi connectivity index (χ2n) is 6.02. The van der Waals surface area contributed by atoms with Crippen LogP contribution >= 0.6 is 0 Å². The topological polar surface area (TPSA) is 69.0 Å². The van der Waals surface area contributed by atoms with E-state index in [1.807, 2.05) is 30.3 Å². The van der Waals surface area contributed by atoms with Crippen LogP contribution in [0.2, 0.25) is 0 Å². The first kappa shape index (κ1) is 19.4. The third-order valence-corrected chi connectivity index (χ3v) is 3.74. The molecule has 1 aromatic heterocycles. The summed E-state index contributed by atoms with van der Waals surface area (Å²) in [7, 11) is 0. The maximum absolute atomic E-state index is 12.2. The highest BCUT2D eigenvalue weighted by molar-refractivity contribution is 5.91. The Morgan fingerprint density at radius 3 is 2.43 bits per heavy atom. The average molecular weight is 390 g/mol. The summed E-state index contributed by atoms with van der Waals surface area (Å²) >= 11 is 0. The van der Waals surface area contributed by atoms with Crippen molar-refractivity contribution in [2.75, 3.05) is 6.61 Å². The van der Waals surface area contributed by atoms with Gasteiger partial charge >= 0.3 is 6.18 Å². The van der Waals surface area contributed by atoms with Crippen LogP contribution < -0.4 is 10.1 Å². The van der Waals surface area contributed by atoms with Crippen molar-refractivity contribution in [3.8, 4) is 5.75 Å². The summed E-state index contributed by atoms with van der Waals surface area (Å²) in [6.45, 7) is -0.647. The summed E-state index contributed by atoms with van der Waals surface area (Å²) in [5, 5.41) is 10.5. The molecule has 0 saturated carbocycles. The van der Waals surface area contributed by atoms with Crippen molar-refractivity contribution < 1.29 is 22.7 Å². The third kappa shape index (κ3) is 5.83. The van der Waals surface area contributed by atoms with Gasteiger partial charge in [-0.3, -0.25) is 4.79 Å². The monoisotopic (exact) mass is 390 g/mol. The molecule has 0 atom stereocenters. The molecule has 9 heteroatoms. The summed E-state index contributed by atoms with van der Waals surface area (Å²) in [6, 6.07) is 15.6. The van der Waals surface area contributed by atoms with Gasteiger partial charge in [0.15, 0.2) is 12.3 Å². The van der Waals surface area contributed by atoms with Crippen molar-refractivity contribution in [1.29, 1.82) is 0 Å². The van der Waals surface area contributed by atoms with E-state index in [1.165, 1.54) is 12.1 Å². The normalized spacial score (nSPS) is 11.2. The zero-order valence-corrected chi connectivity index (χ0v) is 14.7. The van der Waals surface area contributed by atoms with E-state index in [1.54, 1.807) is 23.0 Å². The predicted molar refractivity (Wildman–Crippen MR) is 94.7 cm³/mol. The van der Waals surface area contributed by atoms with Gasteiger partial charge in [-0.15, -0.1) is 5.10 Å². The number of alkyl halides is 3. The van der Waals surface area contributed by atoms with Gasteiger partial charge in [-0.1, -0.05) is 47.7 Å². The van der Waals surface area contributed by atoms with Crippen LogP contribution in [-0.4, -0.2) is 33.7 Å². The summed E-state index contributed by atoms with van der Waals surface area (Å²) in [6.07, 6.45) is -2.83. The smallest absolute Gasteiger partial charge is 0.422 e. The molecule has 0 aliphatic rings. The highest BCUT2D eigenvalue weighted by Gasteiger charge is 2.28. The molecule has 146 valence electrons. The minimum atomic E-state index is -4.38. The van der Waals surface area contributed by atoms with Crippen molar-refractivity contribution in [2.45, 2.75) is 19.3 Å². The van der Waals surface area contributed by atoms with E-state index in [0.29, 0.717) is 12.1 Å². The van der Waals surface area contributed by atoms with Gasteiger partial charge in [-0.2, -0.15) is 13.2 Å². The van der Waals surface area contributed by atoms with E-state index < -0.39 is 18.7 Å². The first-order valence-corrected chi connectivity index (χ1v) is 8.40. The van der Waals surface area contributed by atoms with Gasteiger partial charge in [0.05, 0.1) is 12.7 Å². The maximum Gasteiger partial charge on any atom is 0.422 e. The van der Waals surface area contributed by atoms with Gasteiger partial charge < -0.3 is 10.1 Å². The Morgan fingerprint density at radius 2 is 1.75 bits per heavy atom. The number of hydrogen-bond acceptors (Lipinski definition) is 4. The van der Waals surface area contributed by atoms with E-state index in [0.717, 1.165) is 5.56 Å². The lowest BCUT2D eigenvalue weighted by atomic mass is 10.2. The predicted octanol–water partition coefficient (Wildman–Crippen LogP) is 3.20. The highest BCUT2D eigenvalue weighted by atomic mass is 19.4. The Labute approximate surface area is 158 Å². The average Bonchev–Trinajstić information content (AvgIpc) is 3.14. The van der Waals surface area contributed by atoms with Crippen LogP contribution in [0, 0.1) is 0 Å². The molecule has 1 N–H and O–H groups in total. The SMILES string of the molecule is O=C(NCc1ccc(OCC(F)(F)F)cc1)c1cn(Cc2ccccc2)nn1. The van der Waals surface area contributed by atoms with Crippen molar-refractivity contribution >= 4 is 5.91 Å². The molecule has 1 heterocycles. The Bertz CT molecular complexity index is 909. The van der Waals surface area contributed by atoms with Gasteiger partial charge in [0.1, 0.15) is 5.75 Å². The fraction of sp³-hybridized carbons (Fsp3) is 0.211. The largest absolute Gasteiger partial charge is 0.484 e. The van der Waals surface area contributed by atoms with E-state index in [2.05, 4.69) is 20.4 Å². The minimum absolute atomic E-state index is 0.108. The van der Waals surface area contributed by atoms with Gasteiger partial charge in [0.2, 0.25) is 0 Å². The Kier molecular flexibility index (Phi) is 5.93. The van der Waals surface area contributed by atoms with Crippen LogP contribution in [0.15, 0.2) is 60.8 Å². The van der Waals surface area contributed by atoms with Crippen LogP contribution in [0.25, 0.3) is 0 Å². The number of halogens is 3. The summed E-state index contributed by atoms with van der Waals surface area (Å²) in [4.78, 5) is 12.2. The van der Waals surface area contributed by atoms with Crippen LogP contribution in [0.3, 0.4) is 0 Å². The number of carbonyl (C=O) groups excluding carboxylic acids is 1. The van der Waals surface area contributed by atoms with E-state index >= 15 is 0 Å². The Morgan fingerprint density at radius 1 is 1.04 bits per heavy atom. The van der Waals surface area contributed by atoms with Crippen LogP contribution in [-0.2, 0) is 13.1 Å². The maximum atomic E-state index is 12.2. The zero-order valence-electron chi connectivity index (χ0n) is 14.7. The number of amides is 1. The van der Waals surface area contributed by atoms with E-state index in [4.69, 9.17) is 0 Å². The first-order valence-electron chi connectivity index (χ1n) is 8.40. The number of nitrogens with one attached hydrogen (secondary N) is 1. The molecule has 0 unspecified atom stereocenters. The standard InChI is InChI=1S/C19H17F3N4O2/c20-19(21,22)13-28-16-8-6-14(7-9-16)10-23-18(27)17-12-26(25-24-17)11-15-4-2-1-3-5-15/h1-9,12H,10-11,13H2,(H,23,27). The number of benzene rings is 2. The van der Waals surface area contributed by atoms with Gasteiger partial charge in [-0.05, 0) is 23.3 Å². The van der Waals surface area contributed by atoms with Gasteiger partial charge in [0, 0.05) is 6.54 Å². The second kappa shape index (κ2) is 8.55. The molecule has 0 radical (unpaired) electrons.